The molecule has 0 aliphatic carbocycles. The van der Waals surface area contributed by atoms with Gasteiger partial charge in [-0.15, -0.1) is 0 Å². The molecule has 2 N–H and O–H groups in total. The predicted octanol–water partition coefficient (Wildman–Crippen LogP) is 2.85. The molecule has 1 rings (SSSR count). The molecule has 0 aromatic rings. The van der Waals surface area contributed by atoms with Gasteiger partial charge in [0, 0.05) is 25.6 Å². The van der Waals surface area contributed by atoms with Crippen molar-refractivity contribution in [2.45, 2.75) is 64.8 Å². The van der Waals surface area contributed by atoms with Crippen molar-refractivity contribution in [1.29, 1.82) is 0 Å². The van der Waals surface area contributed by atoms with Gasteiger partial charge in [-0.1, -0.05) is 33.1 Å². The van der Waals surface area contributed by atoms with Crippen molar-refractivity contribution in [3.8, 4) is 0 Å². The zero-order chi connectivity index (χ0) is 15.0. The summed E-state index contributed by atoms with van der Waals surface area (Å²) >= 11 is 0. The van der Waals surface area contributed by atoms with Crippen LogP contribution in [0.25, 0.3) is 0 Å². The van der Waals surface area contributed by atoms with E-state index in [1.807, 2.05) is 11.8 Å². The fourth-order valence-corrected chi connectivity index (χ4v) is 2.81. The lowest BCUT2D eigenvalue weighted by molar-refractivity contribution is -0.138. The number of carbonyl (C=O) groups is 2. The van der Waals surface area contributed by atoms with Crippen molar-refractivity contribution < 1.29 is 14.7 Å². The molecule has 1 saturated heterocycles. The van der Waals surface area contributed by atoms with Gasteiger partial charge in [0.05, 0.1) is 0 Å². The molecule has 5 nitrogen and oxygen atoms in total. The summed E-state index contributed by atoms with van der Waals surface area (Å²) in [6.07, 6.45) is 6.40. The number of carboxylic acids is 1. The Kier molecular flexibility index (Phi) is 7.41. The first kappa shape index (κ1) is 16.8. The van der Waals surface area contributed by atoms with Crippen LogP contribution < -0.4 is 5.32 Å². The van der Waals surface area contributed by atoms with E-state index in [0.717, 1.165) is 32.2 Å². The summed E-state index contributed by atoms with van der Waals surface area (Å²) in [5.41, 5.74) is 0. The Bertz CT molecular complexity index is 320. The van der Waals surface area contributed by atoms with E-state index in [1.165, 1.54) is 12.8 Å². The summed E-state index contributed by atoms with van der Waals surface area (Å²) in [5.74, 6) is -0.782. The molecule has 0 aromatic carbocycles. The van der Waals surface area contributed by atoms with Crippen LogP contribution >= 0.6 is 0 Å². The minimum atomic E-state index is -0.799. The number of carbonyl (C=O) groups excluding carboxylic acids is 1. The fraction of sp³-hybridized carbons (Fsp3) is 0.867. The number of nitrogens with one attached hydrogen (secondary N) is 1. The maximum atomic E-state index is 12.3. The second kappa shape index (κ2) is 8.82. The standard InChI is InChI=1S/C15H28N2O3/c1-3-12(10-14(18)19)11-16-15(20)17-9-7-5-6-8-13(17)4-2/h12-13H,3-11H2,1-2H3,(H,16,20)(H,18,19). The second-order valence-electron chi connectivity index (χ2n) is 5.66. The lowest BCUT2D eigenvalue weighted by Gasteiger charge is -2.30. The molecule has 0 spiro atoms. The van der Waals surface area contributed by atoms with Gasteiger partial charge in [-0.25, -0.2) is 4.79 Å². The fourth-order valence-electron chi connectivity index (χ4n) is 2.81. The Morgan fingerprint density at radius 1 is 1.30 bits per heavy atom. The molecule has 0 bridgehead atoms. The van der Waals surface area contributed by atoms with Crippen molar-refractivity contribution in [3.05, 3.63) is 0 Å². The quantitative estimate of drug-likeness (QED) is 0.788. The third kappa shape index (κ3) is 5.39. The SMILES string of the molecule is CCC(CNC(=O)N1CCCCCC1CC)CC(=O)O. The van der Waals surface area contributed by atoms with Crippen molar-refractivity contribution in [1.82, 2.24) is 10.2 Å². The smallest absolute Gasteiger partial charge is 0.317 e. The van der Waals surface area contributed by atoms with E-state index in [-0.39, 0.29) is 18.4 Å². The van der Waals surface area contributed by atoms with Crippen LogP contribution in [0.2, 0.25) is 0 Å². The van der Waals surface area contributed by atoms with E-state index in [2.05, 4.69) is 12.2 Å². The molecule has 0 radical (unpaired) electrons. The Morgan fingerprint density at radius 2 is 2.05 bits per heavy atom. The zero-order valence-corrected chi connectivity index (χ0v) is 12.7. The van der Waals surface area contributed by atoms with E-state index in [1.54, 1.807) is 0 Å². The number of carboxylic acid groups (broad SMARTS) is 1. The van der Waals surface area contributed by atoms with E-state index in [9.17, 15) is 9.59 Å². The molecule has 5 heteroatoms. The number of amides is 2. The first-order valence-electron chi connectivity index (χ1n) is 7.84. The maximum absolute atomic E-state index is 12.3. The largest absolute Gasteiger partial charge is 0.481 e. The summed E-state index contributed by atoms with van der Waals surface area (Å²) in [5, 5.41) is 11.7. The molecule has 1 aliphatic heterocycles. The van der Waals surface area contributed by atoms with Gasteiger partial charge in [-0.2, -0.15) is 0 Å². The van der Waals surface area contributed by atoms with Gasteiger partial charge in [0.2, 0.25) is 0 Å². The van der Waals surface area contributed by atoms with E-state index in [0.29, 0.717) is 12.6 Å². The summed E-state index contributed by atoms with van der Waals surface area (Å²) < 4.78 is 0. The van der Waals surface area contributed by atoms with Crippen molar-refractivity contribution in [2.24, 2.45) is 5.92 Å². The van der Waals surface area contributed by atoms with E-state index in [4.69, 9.17) is 5.11 Å². The molecular weight excluding hydrogens is 256 g/mol. The normalized spacial score (nSPS) is 21.1. The molecule has 20 heavy (non-hydrogen) atoms. The highest BCUT2D eigenvalue weighted by Crippen LogP contribution is 2.19. The Morgan fingerprint density at radius 3 is 2.65 bits per heavy atom. The molecule has 116 valence electrons. The average molecular weight is 284 g/mol. The van der Waals surface area contributed by atoms with Crippen LogP contribution in [-0.2, 0) is 4.79 Å². The summed E-state index contributed by atoms with van der Waals surface area (Å²) in [6, 6.07) is 0.305. The number of nitrogens with zero attached hydrogens (tertiary/aromatic N) is 1. The van der Waals surface area contributed by atoms with Crippen LogP contribution in [-0.4, -0.2) is 41.1 Å². The number of aliphatic carboxylic acids is 1. The van der Waals surface area contributed by atoms with Crippen LogP contribution in [0.1, 0.15) is 58.8 Å². The first-order chi connectivity index (χ1) is 9.58. The Hall–Kier alpha value is -1.26. The summed E-state index contributed by atoms with van der Waals surface area (Å²) in [7, 11) is 0. The van der Waals surface area contributed by atoms with Crippen LogP contribution in [0.3, 0.4) is 0 Å². The molecule has 2 amide bonds. The van der Waals surface area contributed by atoms with Gasteiger partial charge in [-0.05, 0) is 25.2 Å². The van der Waals surface area contributed by atoms with Crippen molar-refractivity contribution in [3.63, 3.8) is 0 Å². The van der Waals surface area contributed by atoms with Gasteiger partial charge in [0.15, 0.2) is 0 Å². The zero-order valence-electron chi connectivity index (χ0n) is 12.7. The molecular formula is C15H28N2O3. The minimum absolute atomic E-state index is 0.0171. The third-order valence-electron chi connectivity index (χ3n) is 4.19. The number of hydrogen-bond donors (Lipinski definition) is 2. The Balaban J connectivity index is 2.48. The third-order valence-corrected chi connectivity index (χ3v) is 4.19. The lowest BCUT2D eigenvalue weighted by Crippen LogP contribution is -2.47. The molecule has 2 unspecified atom stereocenters. The van der Waals surface area contributed by atoms with Crippen LogP contribution in [0, 0.1) is 5.92 Å². The number of hydrogen-bond acceptors (Lipinski definition) is 2. The monoisotopic (exact) mass is 284 g/mol. The van der Waals surface area contributed by atoms with Crippen LogP contribution in [0.15, 0.2) is 0 Å². The molecule has 0 saturated carbocycles. The topological polar surface area (TPSA) is 69.6 Å². The Labute approximate surface area is 121 Å². The van der Waals surface area contributed by atoms with Gasteiger partial charge in [0.25, 0.3) is 0 Å². The summed E-state index contributed by atoms with van der Waals surface area (Å²) in [6.45, 7) is 5.35. The van der Waals surface area contributed by atoms with Gasteiger partial charge >= 0.3 is 12.0 Å². The van der Waals surface area contributed by atoms with Gasteiger partial charge < -0.3 is 15.3 Å². The highest BCUT2D eigenvalue weighted by Gasteiger charge is 2.24. The highest BCUT2D eigenvalue weighted by atomic mass is 16.4. The molecule has 1 heterocycles. The number of urea groups is 1. The first-order valence-corrected chi connectivity index (χ1v) is 7.84. The van der Waals surface area contributed by atoms with Crippen LogP contribution in [0.4, 0.5) is 4.79 Å². The second-order valence-corrected chi connectivity index (χ2v) is 5.66. The molecule has 0 aromatic heterocycles. The molecule has 1 fully saturated rings. The maximum Gasteiger partial charge on any atom is 0.317 e. The molecule has 2 atom stereocenters. The predicted molar refractivity (Wildman–Crippen MR) is 78.7 cm³/mol. The van der Waals surface area contributed by atoms with Gasteiger partial charge in [0.1, 0.15) is 0 Å². The number of likely N-dealkylation sites (tertiary alicyclic amines) is 1. The van der Waals surface area contributed by atoms with E-state index < -0.39 is 5.97 Å². The average Bonchev–Trinajstić information content (AvgIpc) is 2.67. The van der Waals surface area contributed by atoms with E-state index >= 15 is 0 Å². The molecule has 1 aliphatic rings. The lowest BCUT2D eigenvalue weighted by atomic mass is 10.0. The number of rotatable bonds is 6. The van der Waals surface area contributed by atoms with Gasteiger partial charge in [-0.3, -0.25) is 4.79 Å². The minimum Gasteiger partial charge on any atom is -0.481 e. The summed E-state index contributed by atoms with van der Waals surface area (Å²) in [4.78, 5) is 25.0. The van der Waals surface area contributed by atoms with Crippen molar-refractivity contribution >= 4 is 12.0 Å². The van der Waals surface area contributed by atoms with Crippen LogP contribution in [0.5, 0.6) is 0 Å². The highest BCUT2D eigenvalue weighted by molar-refractivity contribution is 5.74. The van der Waals surface area contributed by atoms with Crippen molar-refractivity contribution in [2.75, 3.05) is 13.1 Å².